The number of guanidine groups is 1. The van der Waals surface area contributed by atoms with Gasteiger partial charge in [-0.3, -0.25) is 59.0 Å². The first-order valence-electron chi connectivity index (χ1n) is 21.3. The van der Waals surface area contributed by atoms with Crippen molar-refractivity contribution in [1.82, 2.24) is 48.1 Å². The van der Waals surface area contributed by atoms with E-state index < -0.39 is 108 Å². The van der Waals surface area contributed by atoms with Crippen LogP contribution in [0.1, 0.15) is 64.4 Å². The fourth-order valence-corrected chi connectivity index (χ4v) is 6.76. The van der Waals surface area contributed by atoms with Crippen molar-refractivity contribution in [1.29, 1.82) is 0 Å². The number of carbonyl (C=O) groups excluding carboxylic acids is 8. The molecule has 0 saturated carbocycles. The smallest absolute Gasteiger partial charge is 0.305 e. The Morgan fingerprint density at radius 1 is 0.712 bits per heavy atom. The fourth-order valence-electron chi connectivity index (χ4n) is 6.00. The molecule has 1 aromatic carbocycles. The molecule has 23 nitrogen and oxygen atoms in total. The van der Waals surface area contributed by atoms with Gasteiger partial charge in [-0.15, -0.1) is 0 Å². The Bertz CT molecular complexity index is 1790. The van der Waals surface area contributed by atoms with E-state index in [2.05, 4.69) is 90.9 Å². The number of nitrogens with one attached hydrogen (secondary N) is 9. The van der Waals surface area contributed by atoms with E-state index in [-0.39, 0.29) is 55.5 Å². The number of thiol groups is 3. The Hall–Kier alpha value is -5.15. The lowest BCUT2D eigenvalue weighted by atomic mass is 10.0. The van der Waals surface area contributed by atoms with Gasteiger partial charge in [0, 0.05) is 42.7 Å². The van der Waals surface area contributed by atoms with E-state index in [1.807, 2.05) is 0 Å². The van der Waals surface area contributed by atoms with Crippen molar-refractivity contribution in [3.63, 3.8) is 0 Å². The molecule has 0 spiro atoms. The van der Waals surface area contributed by atoms with Crippen molar-refractivity contribution in [3.05, 3.63) is 35.9 Å². The van der Waals surface area contributed by atoms with Crippen LogP contribution < -0.4 is 65.3 Å². The van der Waals surface area contributed by atoms with Gasteiger partial charge in [-0.2, -0.15) is 37.9 Å². The number of aliphatic imine (C=N–C) groups is 1. The lowest BCUT2D eigenvalue weighted by Gasteiger charge is -2.26. The molecule has 0 bridgehead atoms. The van der Waals surface area contributed by atoms with E-state index in [1.54, 1.807) is 51.2 Å². The summed E-state index contributed by atoms with van der Waals surface area (Å²) < 4.78 is 0. The molecule has 66 heavy (non-hydrogen) atoms. The van der Waals surface area contributed by atoms with Crippen LogP contribution in [0.15, 0.2) is 35.3 Å². The first kappa shape index (κ1) is 58.9. The molecule has 1 rings (SSSR count). The van der Waals surface area contributed by atoms with Gasteiger partial charge in [0.2, 0.25) is 41.4 Å². The molecular weight excluding hydrogens is 919 g/mol. The normalized spacial score (nSPS) is 14.5. The maximum Gasteiger partial charge on any atom is 0.305 e. The van der Waals surface area contributed by atoms with E-state index >= 15 is 0 Å². The molecule has 8 atom stereocenters. The second-order valence-electron chi connectivity index (χ2n) is 15.0. The topological polar surface area (TPSA) is 373 Å². The molecule has 1 aromatic rings. The summed E-state index contributed by atoms with van der Waals surface area (Å²) in [5.74, 6) is -8.30. The van der Waals surface area contributed by atoms with E-state index in [4.69, 9.17) is 17.2 Å². The highest BCUT2D eigenvalue weighted by atomic mass is 32.1. The lowest BCUT2D eigenvalue weighted by molar-refractivity contribution is -0.141. The summed E-state index contributed by atoms with van der Waals surface area (Å²) in [7, 11) is 1.73. The minimum absolute atomic E-state index is 0.00189. The number of rotatable bonds is 33. The van der Waals surface area contributed by atoms with Crippen LogP contribution in [0.2, 0.25) is 0 Å². The third-order valence-electron chi connectivity index (χ3n) is 9.64. The zero-order valence-corrected chi connectivity index (χ0v) is 40.0. The molecule has 16 N–H and O–H groups in total. The summed E-state index contributed by atoms with van der Waals surface area (Å²) >= 11 is 12.7. The Balaban J connectivity index is 3.13. The first-order valence-corrected chi connectivity index (χ1v) is 23.0. The van der Waals surface area contributed by atoms with Gasteiger partial charge in [0.25, 0.3) is 0 Å². The minimum Gasteiger partial charge on any atom is -0.481 e. The number of nitrogens with two attached hydrogens (primary N) is 3. The average Bonchev–Trinajstić information content (AvgIpc) is 3.27. The number of amides is 7. The lowest BCUT2D eigenvalue weighted by Crippen LogP contribution is -2.59. The molecule has 7 amide bonds. The summed E-state index contributed by atoms with van der Waals surface area (Å²) in [6, 6.07) is -0.210. The fraction of sp³-hybridized carbons (Fsp3) is 0.600. The average molecular weight is 986 g/mol. The zero-order valence-electron chi connectivity index (χ0n) is 37.3. The quantitative estimate of drug-likeness (QED) is 0.0105. The number of carboxylic acid groups (broad SMARTS) is 1. The number of Topliss-reactive ketones (excluding diaryl/α,β-unsaturated/α-hetero) is 1. The Labute approximate surface area is 400 Å². The SMILES string of the molecule is CCC(=O)C(CS)NC(=O)C(Cc1ccccc1)NC(=O)C(CS)NC(=O)C(CC(=O)O)NC(=O)CNC(=O)C(CCCN=C(N)N)NC(=O)C(NC(=O)C(N)CCCCNNC)C(C)S. The van der Waals surface area contributed by atoms with Crippen LogP contribution in [-0.4, -0.2) is 150 Å². The van der Waals surface area contributed by atoms with Gasteiger partial charge in [-0.1, -0.05) is 50.6 Å². The third-order valence-corrected chi connectivity index (χ3v) is 10.7. The monoisotopic (exact) mass is 985 g/mol. The van der Waals surface area contributed by atoms with Gasteiger partial charge in [0.1, 0.15) is 30.2 Å². The Morgan fingerprint density at radius 2 is 1.30 bits per heavy atom. The van der Waals surface area contributed by atoms with Crippen LogP contribution in [0.5, 0.6) is 0 Å². The number of hydrogen-bond donors (Lipinski definition) is 16. The number of ketones is 1. The van der Waals surface area contributed by atoms with Crippen LogP contribution >= 0.6 is 37.9 Å². The number of hydrazine groups is 1. The van der Waals surface area contributed by atoms with Gasteiger partial charge in [0.15, 0.2) is 11.7 Å². The second kappa shape index (κ2) is 32.5. The highest BCUT2D eigenvalue weighted by molar-refractivity contribution is 7.81. The third kappa shape index (κ3) is 23.3. The van der Waals surface area contributed by atoms with Crippen LogP contribution in [-0.2, 0) is 49.6 Å². The van der Waals surface area contributed by atoms with Crippen molar-refractivity contribution < 1.29 is 48.3 Å². The summed E-state index contributed by atoms with van der Waals surface area (Å²) in [5.41, 5.74) is 23.3. The molecule has 0 aromatic heterocycles. The molecule has 26 heteroatoms. The Morgan fingerprint density at radius 3 is 1.88 bits per heavy atom. The molecular formula is C40H67N13O10S3. The summed E-state index contributed by atoms with van der Waals surface area (Å²) in [6.45, 7) is 3.09. The predicted octanol–water partition coefficient (Wildman–Crippen LogP) is -3.84. The molecule has 0 aliphatic carbocycles. The molecule has 0 fully saturated rings. The van der Waals surface area contributed by atoms with Crippen molar-refractivity contribution in [2.24, 2.45) is 22.2 Å². The van der Waals surface area contributed by atoms with Crippen LogP contribution in [0.3, 0.4) is 0 Å². The zero-order chi connectivity index (χ0) is 49.8. The molecule has 8 unspecified atom stereocenters. The van der Waals surface area contributed by atoms with Crippen molar-refractivity contribution >= 4 is 96.9 Å². The van der Waals surface area contributed by atoms with Crippen molar-refractivity contribution in [3.8, 4) is 0 Å². The summed E-state index contributed by atoms with van der Waals surface area (Å²) in [6.07, 6.45) is 0.990. The maximum absolute atomic E-state index is 13.5. The number of benzene rings is 1. The van der Waals surface area contributed by atoms with Crippen molar-refractivity contribution in [2.75, 3.05) is 38.2 Å². The number of hydrogen-bond acceptors (Lipinski definition) is 16. The Kier molecular flexibility index (Phi) is 29.0. The van der Waals surface area contributed by atoms with Crippen molar-refractivity contribution in [2.45, 2.75) is 113 Å². The number of carboxylic acids is 1. The molecule has 0 aliphatic heterocycles. The molecule has 0 aliphatic rings. The number of unbranched alkanes of at least 4 members (excludes halogenated alkanes) is 1. The van der Waals surface area contributed by atoms with Gasteiger partial charge in [-0.05, 0) is 38.3 Å². The highest BCUT2D eigenvalue weighted by Gasteiger charge is 2.33. The standard InChI is InChI=1S/C40H67N13O10S3/c1-4-30(54)28(20-64)51-36(60)26(17-23-11-6-5-7-12-23)50-38(62)29(21-65)52-37(61)27(18-32(56)57)48-31(55)19-46-35(59)25(14-10-15-45-40(42)43)49-39(63)33(22(2)66)53-34(58)24(41)13-8-9-16-47-44-3/h5-7,11-12,22,24-29,33,44,47,64-66H,4,8-10,13-21,41H2,1-3H3,(H,46,59)(H,48,55)(H,49,63)(H,50,62)(H,51,60)(H,52,61)(H,53,58)(H,56,57)(H4,42,43,45). The number of aliphatic carboxylic acids is 1. The predicted molar refractivity (Wildman–Crippen MR) is 257 cm³/mol. The summed E-state index contributed by atoms with van der Waals surface area (Å²) in [4.78, 5) is 121. The molecule has 0 radical (unpaired) electrons. The van der Waals surface area contributed by atoms with Gasteiger partial charge in [0.05, 0.1) is 25.0 Å². The van der Waals surface area contributed by atoms with Crippen LogP contribution in [0, 0.1) is 0 Å². The maximum atomic E-state index is 13.5. The first-order chi connectivity index (χ1) is 31.3. The highest BCUT2D eigenvalue weighted by Crippen LogP contribution is 2.09. The summed E-state index contributed by atoms with van der Waals surface area (Å²) in [5, 5.41) is 26.0. The molecule has 0 heterocycles. The second-order valence-corrected chi connectivity index (χ2v) is 16.6. The van der Waals surface area contributed by atoms with Gasteiger partial charge in [-0.25, -0.2) is 0 Å². The van der Waals surface area contributed by atoms with E-state index in [0.29, 0.717) is 24.9 Å². The molecule has 370 valence electrons. The number of carbonyl (C=O) groups is 9. The van der Waals surface area contributed by atoms with Crippen LogP contribution in [0.25, 0.3) is 0 Å². The molecule has 0 saturated heterocycles. The van der Waals surface area contributed by atoms with E-state index in [9.17, 15) is 48.3 Å². The van der Waals surface area contributed by atoms with Gasteiger partial charge < -0.3 is 59.5 Å². The van der Waals surface area contributed by atoms with E-state index in [1.165, 1.54) is 0 Å². The largest absolute Gasteiger partial charge is 0.481 e. The van der Waals surface area contributed by atoms with Crippen LogP contribution in [0.4, 0.5) is 0 Å². The minimum atomic E-state index is -1.77. The van der Waals surface area contributed by atoms with Gasteiger partial charge >= 0.3 is 5.97 Å². The number of nitrogens with zero attached hydrogens (tertiary/aromatic N) is 1. The van der Waals surface area contributed by atoms with E-state index in [0.717, 1.165) is 6.42 Å².